The van der Waals surface area contributed by atoms with E-state index in [2.05, 4.69) is 38.8 Å². The number of likely N-dealkylation sites (N-methyl/N-ethyl adjacent to an activating group) is 1. The van der Waals surface area contributed by atoms with Crippen molar-refractivity contribution in [2.75, 3.05) is 46.9 Å². The fraction of sp³-hybridized carbons (Fsp3) is 0.625. The van der Waals surface area contributed by atoms with Crippen molar-refractivity contribution in [3.63, 3.8) is 0 Å². The zero-order valence-electron chi connectivity index (χ0n) is 13.0. The van der Waals surface area contributed by atoms with Gasteiger partial charge in [-0.3, -0.25) is 4.90 Å². The summed E-state index contributed by atoms with van der Waals surface area (Å²) in [7, 11) is 3.86. The van der Waals surface area contributed by atoms with Crippen molar-refractivity contribution in [3.8, 4) is 5.75 Å². The molecule has 118 valence electrons. The lowest BCUT2D eigenvalue weighted by atomic mass is 10.0. The third kappa shape index (κ3) is 4.42. The van der Waals surface area contributed by atoms with E-state index in [4.69, 9.17) is 10.5 Å². The third-order valence-corrected chi connectivity index (χ3v) is 4.77. The van der Waals surface area contributed by atoms with Gasteiger partial charge in [-0.2, -0.15) is 0 Å². The van der Waals surface area contributed by atoms with Crippen LogP contribution < -0.4 is 10.5 Å². The van der Waals surface area contributed by atoms with Crippen molar-refractivity contribution in [3.05, 3.63) is 28.2 Å². The van der Waals surface area contributed by atoms with E-state index >= 15 is 0 Å². The first-order valence-corrected chi connectivity index (χ1v) is 8.41. The summed E-state index contributed by atoms with van der Waals surface area (Å²) in [5.41, 5.74) is 7.19. The zero-order chi connectivity index (χ0) is 15.2. The second-order valence-electron chi connectivity index (χ2n) is 5.67. The van der Waals surface area contributed by atoms with E-state index in [0.717, 1.165) is 28.9 Å². The minimum absolute atomic E-state index is 0.181. The predicted molar refractivity (Wildman–Crippen MR) is 90.8 cm³/mol. The summed E-state index contributed by atoms with van der Waals surface area (Å²) in [5, 5.41) is 0. The number of likely N-dealkylation sites (tertiary alicyclic amines) is 1. The van der Waals surface area contributed by atoms with Crippen LogP contribution in [0, 0.1) is 0 Å². The minimum Gasteiger partial charge on any atom is -0.496 e. The molecule has 1 aliphatic heterocycles. The van der Waals surface area contributed by atoms with Crippen molar-refractivity contribution in [2.45, 2.75) is 18.9 Å². The molecule has 2 rings (SSSR count). The predicted octanol–water partition coefficient (Wildman–Crippen LogP) is 2.49. The average Bonchev–Trinajstić information content (AvgIpc) is 2.99. The Hall–Kier alpha value is -0.620. The Bertz CT molecular complexity index is 449. The highest BCUT2D eigenvalue weighted by Crippen LogP contribution is 2.30. The zero-order valence-corrected chi connectivity index (χ0v) is 14.6. The molecule has 1 aromatic rings. The normalized spacial score (nSPS) is 17.4. The number of methoxy groups -OCH3 is 1. The molecule has 0 radical (unpaired) electrons. The summed E-state index contributed by atoms with van der Waals surface area (Å²) < 4.78 is 6.56. The summed E-state index contributed by atoms with van der Waals surface area (Å²) in [5.74, 6) is 0.904. The Labute approximate surface area is 136 Å². The van der Waals surface area contributed by atoms with Gasteiger partial charge in [0.1, 0.15) is 5.75 Å². The molecule has 2 N–H and O–H groups in total. The van der Waals surface area contributed by atoms with Crippen LogP contribution in [0.1, 0.15) is 24.4 Å². The highest BCUT2D eigenvalue weighted by Gasteiger charge is 2.21. The second kappa shape index (κ2) is 8.13. The van der Waals surface area contributed by atoms with E-state index in [0.29, 0.717) is 6.54 Å². The quantitative estimate of drug-likeness (QED) is 0.815. The van der Waals surface area contributed by atoms with Crippen LogP contribution >= 0.6 is 15.9 Å². The van der Waals surface area contributed by atoms with Crippen LogP contribution in [0.2, 0.25) is 0 Å². The van der Waals surface area contributed by atoms with Gasteiger partial charge in [-0.25, -0.2) is 0 Å². The molecule has 1 fully saturated rings. The summed E-state index contributed by atoms with van der Waals surface area (Å²) in [6, 6.07) is 6.29. The standard InChI is InChI=1S/C16H26BrN3O/c1-19(9-10-20-7-3-4-8-20)15(12-18)14-11-13(17)5-6-16(14)21-2/h5-6,11,15H,3-4,7-10,12,18H2,1-2H3. The summed E-state index contributed by atoms with van der Waals surface area (Å²) in [6.07, 6.45) is 2.67. The molecular formula is C16H26BrN3O. The van der Waals surface area contributed by atoms with E-state index in [9.17, 15) is 0 Å². The van der Waals surface area contributed by atoms with Crippen LogP contribution in [-0.4, -0.2) is 56.7 Å². The fourth-order valence-electron chi connectivity index (χ4n) is 2.97. The van der Waals surface area contributed by atoms with Crippen molar-refractivity contribution >= 4 is 15.9 Å². The molecule has 1 aromatic carbocycles. The summed E-state index contributed by atoms with van der Waals surface area (Å²) >= 11 is 3.54. The average molecular weight is 356 g/mol. The molecule has 1 heterocycles. The van der Waals surface area contributed by atoms with Gasteiger partial charge in [0.2, 0.25) is 0 Å². The van der Waals surface area contributed by atoms with Gasteiger partial charge in [-0.1, -0.05) is 15.9 Å². The van der Waals surface area contributed by atoms with Gasteiger partial charge in [0.05, 0.1) is 13.2 Å². The molecule has 0 amide bonds. The number of nitrogens with two attached hydrogens (primary N) is 1. The molecular weight excluding hydrogens is 330 g/mol. The molecule has 0 aromatic heterocycles. The van der Waals surface area contributed by atoms with Crippen LogP contribution in [0.5, 0.6) is 5.75 Å². The SMILES string of the molecule is COc1ccc(Br)cc1C(CN)N(C)CCN1CCCC1. The van der Waals surface area contributed by atoms with Gasteiger partial charge in [0.15, 0.2) is 0 Å². The van der Waals surface area contributed by atoms with E-state index in [-0.39, 0.29) is 6.04 Å². The maximum Gasteiger partial charge on any atom is 0.123 e. The van der Waals surface area contributed by atoms with Crippen LogP contribution in [0.3, 0.4) is 0 Å². The first-order chi connectivity index (χ1) is 10.2. The Morgan fingerprint density at radius 3 is 2.71 bits per heavy atom. The third-order valence-electron chi connectivity index (χ3n) is 4.27. The molecule has 1 atom stereocenters. The van der Waals surface area contributed by atoms with Gasteiger partial charge in [0, 0.05) is 29.7 Å². The van der Waals surface area contributed by atoms with Crippen molar-refractivity contribution in [2.24, 2.45) is 5.73 Å². The number of benzene rings is 1. The number of halogens is 1. The van der Waals surface area contributed by atoms with E-state index in [1.807, 2.05) is 12.1 Å². The van der Waals surface area contributed by atoms with Crippen LogP contribution in [-0.2, 0) is 0 Å². The first kappa shape index (κ1) is 16.7. The minimum atomic E-state index is 0.181. The molecule has 5 heteroatoms. The summed E-state index contributed by atoms with van der Waals surface area (Å²) in [6.45, 7) is 5.20. The lowest BCUT2D eigenvalue weighted by Gasteiger charge is -2.30. The Morgan fingerprint density at radius 1 is 1.38 bits per heavy atom. The first-order valence-electron chi connectivity index (χ1n) is 7.61. The van der Waals surface area contributed by atoms with Crippen LogP contribution in [0.15, 0.2) is 22.7 Å². The Balaban J connectivity index is 2.05. The molecule has 0 saturated carbocycles. The van der Waals surface area contributed by atoms with Crippen molar-refractivity contribution in [1.29, 1.82) is 0 Å². The number of hydrogen-bond donors (Lipinski definition) is 1. The molecule has 0 bridgehead atoms. The Kier molecular flexibility index (Phi) is 6.48. The monoisotopic (exact) mass is 355 g/mol. The van der Waals surface area contributed by atoms with Gasteiger partial charge in [-0.15, -0.1) is 0 Å². The van der Waals surface area contributed by atoms with E-state index in [1.165, 1.54) is 25.9 Å². The molecule has 0 aliphatic carbocycles. The van der Waals surface area contributed by atoms with Gasteiger partial charge < -0.3 is 15.4 Å². The maximum absolute atomic E-state index is 6.04. The van der Waals surface area contributed by atoms with Crippen molar-refractivity contribution in [1.82, 2.24) is 9.80 Å². The summed E-state index contributed by atoms with van der Waals surface area (Å²) in [4.78, 5) is 4.87. The van der Waals surface area contributed by atoms with E-state index in [1.54, 1.807) is 7.11 Å². The van der Waals surface area contributed by atoms with E-state index < -0.39 is 0 Å². The number of nitrogens with zero attached hydrogens (tertiary/aromatic N) is 2. The van der Waals surface area contributed by atoms with Crippen LogP contribution in [0.25, 0.3) is 0 Å². The Morgan fingerprint density at radius 2 is 2.10 bits per heavy atom. The second-order valence-corrected chi connectivity index (χ2v) is 6.58. The molecule has 21 heavy (non-hydrogen) atoms. The fourth-order valence-corrected chi connectivity index (χ4v) is 3.35. The van der Waals surface area contributed by atoms with Gasteiger partial charge >= 0.3 is 0 Å². The smallest absolute Gasteiger partial charge is 0.123 e. The highest BCUT2D eigenvalue weighted by molar-refractivity contribution is 9.10. The molecule has 4 nitrogen and oxygen atoms in total. The van der Waals surface area contributed by atoms with Gasteiger partial charge in [0.25, 0.3) is 0 Å². The molecule has 1 aliphatic rings. The lowest BCUT2D eigenvalue weighted by molar-refractivity contribution is 0.206. The topological polar surface area (TPSA) is 41.7 Å². The lowest BCUT2D eigenvalue weighted by Crippen LogP contribution is -2.36. The van der Waals surface area contributed by atoms with Crippen molar-refractivity contribution < 1.29 is 4.74 Å². The molecule has 0 spiro atoms. The maximum atomic E-state index is 6.04. The number of rotatable bonds is 7. The molecule has 1 unspecified atom stereocenters. The van der Waals surface area contributed by atoms with Gasteiger partial charge in [-0.05, 0) is 51.2 Å². The highest BCUT2D eigenvalue weighted by atomic mass is 79.9. The van der Waals surface area contributed by atoms with Crippen LogP contribution in [0.4, 0.5) is 0 Å². The molecule has 1 saturated heterocycles. The number of ether oxygens (including phenoxy) is 1. The largest absolute Gasteiger partial charge is 0.496 e. The number of hydrogen-bond acceptors (Lipinski definition) is 4.